The summed E-state index contributed by atoms with van der Waals surface area (Å²) in [5, 5.41) is 7.05. The van der Waals surface area contributed by atoms with E-state index in [9.17, 15) is 4.79 Å². The predicted molar refractivity (Wildman–Crippen MR) is 92.2 cm³/mol. The van der Waals surface area contributed by atoms with Crippen LogP contribution in [0.15, 0.2) is 28.9 Å². The second kappa shape index (κ2) is 7.41. The van der Waals surface area contributed by atoms with Crippen molar-refractivity contribution in [2.45, 2.75) is 25.4 Å². The maximum atomic E-state index is 12.8. The van der Waals surface area contributed by atoms with Gasteiger partial charge in [0.1, 0.15) is 5.69 Å². The monoisotopic (exact) mass is 344 g/mol. The van der Waals surface area contributed by atoms with Crippen LogP contribution < -0.4 is 0 Å². The molecule has 2 aliphatic heterocycles. The molecule has 2 aromatic heterocycles. The van der Waals surface area contributed by atoms with Gasteiger partial charge in [0.2, 0.25) is 0 Å². The van der Waals surface area contributed by atoms with E-state index in [1.165, 1.54) is 6.42 Å². The Labute approximate surface area is 146 Å². The lowest BCUT2D eigenvalue weighted by molar-refractivity contribution is 0.0701. The molecule has 0 aromatic carbocycles. The van der Waals surface area contributed by atoms with Gasteiger partial charge in [0, 0.05) is 38.9 Å². The maximum Gasteiger partial charge on any atom is 0.274 e. The fourth-order valence-corrected chi connectivity index (χ4v) is 3.58. The average molecular weight is 344 g/mol. The van der Waals surface area contributed by atoms with Crippen molar-refractivity contribution >= 4 is 5.91 Å². The number of aromatic amines is 1. The summed E-state index contributed by atoms with van der Waals surface area (Å²) in [6, 6.07) is 5.42. The van der Waals surface area contributed by atoms with Crippen LogP contribution in [0.2, 0.25) is 0 Å². The molecule has 25 heavy (non-hydrogen) atoms. The molecule has 2 fully saturated rings. The first-order chi connectivity index (χ1) is 12.3. The number of H-pyrrole nitrogens is 1. The van der Waals surface area contributed by atoms with Gasteiger partial charge in [0.05, 0.1) is 12.4 Å². The largest absolute Gasteiger partial charge is 0.463 e. The Bertz CT molecular complexity index is 691. The topological polar surface area (TPSA) is 74.6 Å². The minimum atomic E-state index is -0.0203. The summed E-state index contributed by atoms with van der Waals surface area (Å²) in [7, 11) is 0. The molecule has 1 amide bonds. The number of nitrogens with one attached hydrogen (secondary N) is 1. The van der Waals surface area contributed by atoms with Gasteiger partial charge in [0.15, 0.2) is 11.5 Å². The Morgan fingerprint density at radius 3 is 3.04 bits per heavy atom. The first-order valence-corrected chi connectivity index (χ1v) is 9.02. The molecule has 2 aliphatic rings. The predicted octanol–water partition coefficient (Wildman–Crippen LogP) is 2.00. The van der Waals surface area contributed by atoms with E-state index in [0.717, 1.165) is 57.9 Å². The standard InChI is InChI=1S/C18H24N4O3/c23-18(16-12-15(19-20-16)17-5-2-11-25-17)22-7-3-6-21(8-9-22)13-14-4-1-10-24-14/h2,5,11-12,14H,1,3-4,6-10,13H2,(H,19,20)/t14-/m1/s1. The second-order valence-electron chi connectivity index (χ2n) is 6.73. The minimum Gasteiger partial charge on any atom is -0.463 e. The molecule has 4 heterocycles. The molecule has 0 spiro atoms. The first kappa shape index (κ1) is 16.4. The fourth-order valence-electron chi connectivity index (χ4n) is 3.58. The number of hydrogen-bond donors (Lipinski definition) is 1. The van der Waals surface area contributed by atoms with E-state index in [1.54, 1.807) is 12.3 Å². The zero-order chi connectivity index (χ0) is 17.1. The van der Waals surface area contributed by atoms with Gasteiger partial charge >= 0.3 is 0 Å². The summed E-state index contributed by atoms with van der Waals surface area (Å²) < 4.78 is 11.1. The van der Waals surface area contributed by atoms with Crippen LogP contribution in [0, 0.1) is 0 Å². The number of amides is 1. The average Bonchev–Trinajstić information content (AvgIpc) is 3.35. The van der Waals surface area contributed by atoms with E-state index in [0.29, 0.717) is 17.6 Å². The van der Waals surface area contributed by atoms with Gasteiger partial charge in [-0.15, -0.1) is 0 Å². The number of aromatic nitrogens is 2. The molecule has 0 bridgehead atoms. The van der Waals surface area contributed by atoms with Crippen molar-refractivity contribution < 1.29 is 13.9 Å². The number of carbonyl (C=O) groups excluding carboxylic acids is 1. The zero-order valence-corrected chi connectivity index (χ0v) is 14.3. The smallest absolute Gasteiger partial charge is 0.274 e. The SMILES string of the molecule is O=C(c1cc(-c2ccco2)[nH]n1)N1CCCN(C[C@H]2CCCO2)CC1. The Balaban J connectivity index is 1.36. The van der Waals surface area contributed by atoms with E-state index in [-0.39, 0.29) is 5.91 Å². The molecule has 0 saturated carbocycles. The Hall–Kier alpha value is -2.12. The van der Waals surface area contributed by atoms with Crippen LogP contribution in [0.1, 0.15) is 29.8 Å². The summed E-state index contributed by atoms with van der Waals surface area (Å²) in [6.07, 6.45) is 5.27. The van der Waals surface area contributed by atoms with Crippen molar-refractivity contribution in [2.24, 2.45) is 0 Å². The highest BCUT2D eigenvalue weighted by Crippen LogP contribution is 2.19. The summed E-state index contributed by atoms with van der Waals surface area (Å²) in [5.74, 6) is 0.665. The Morgan fingerprint density at radius 2 is 2.24 bits per heavy atom. The molecule has 0 unspecified atom stereocenters. The molecule has 134 valence electrons. The minimum absolute atomic E-state index is 0.0203. The summed E-state index contributed by atoms with van der Waals surface area (Å²) in [5.41, 5.74) is 1.17. The molecule has 7 nitrogen and oxygen atoms in total. The lowest BCUT2D eigenvalue weighted by atomic mass is 10.2. The summed E-state index contributed by atoms with van der Waals surface area (Å²) >= 11 is 0. The third-order valence-electron chi connectivity index (χ3n) is 4.95. The third-order valence-corrected chi connectivity index (χ3v) is 4.95. The molecule has 2 aromatic rings. The number of furan rings is 1. The van der Waals surface area contributed by atoms with Gasteiger partial charge in [-0.25, -0.2) is 0 Å². The maximum absolute atomic E-state index is 12.8. The lowest BCUT2D eigenvalue weighted by Gasteiger charge is -2.23. The third kappa shape index (κ3) is 3.77. The quantitative estimate of drug-likeness (QED) is 0.918. The van der Waals surface area contributed by atoms with E-state index in [2.05, 4.69) is 15.1 Å². The zero-order valence-electron chi connectivity index (χ0n) is 14.3. The molecule has 1 N–H and O–H groups in total. The highest BCUT2D eigenvalue weighted by Gasteiger charge is 2.25. The Morgan fingerprint density at radius 1 is 1.28 bits per heavy atom. The van der Waals surface area contributed by atoms with E-state index < -0.39 is 0 Å². The molecule has 4 rings (SSSR count). The summed E-state index contributed by atoms with van der Waals surface area (Å²) in [4.78, 5) is 17.1. The van der Waals surface area contributed by atoms with Gasteiger partial charge in [-0.05, 0) is 37.9 Å². The van der Waals surface area contributed by atoms with Crippen LogP contribution in [0.25, 0.3) is 11.5 Å². The van der Waals surface area contributed by atoms with Crippen molar-refractivity contribution in [3.05, 3.63) is 30.2 Å². The van der Waals surface area contributed by atoms with E-state index in [4.69, 9.17) is 9.15 Å². The number of ether oxygens (including phenoxy) is 1. The van der Waals surface area contributed by atoms with E-state index in [1.807, 2.05) is 17.0 Å². The van der Waals surface area contributed by atoms with Crippen LogP contribution in [-0.4, -0.2) is 71.3 Å². The number of nitrogens with zero attached hydrogens (tertiary/aromatic N) is 3. The molecular weight excluding hydrogens is 320 g/mol. The fraction of sp³-hybridized carbons (Fsp3) is 0.556. The molecular formula is C18H24N4O3. The van der Waals surface area contributed by atoms with Crippen molar-refractivity contribution in [3.8, 4) is 11.5 Å². The number of hydrogen-bond acceptors (Lipinski definition) is 5. The van der Waals surface area contributed by atoms with Gasteiger partial charge in [-0.2, -0.15) is 5.10 Å². The normalized spacial score (nSPS) is 22.2. The van der Waals surface area contributed by atoms with Crippen molar-refractivity contribution in [2.75, 3.05) is 39.3 Å². The summed E-state index contributed by atoms with van der Waals surface area (Å²) in [6.45, 7) is 5.27. The molecule has 2 saturated heterocycles. The molecule has 0 aliphatic carbocycles. The van der Waals surface area contributed by atoms with Crippen LogP contribution in [0.3, 0.4) is 0 Å². The van der Waals surface area contributed by atoms with Gasteiger partial charge < -0.3 is 14.1 Å². The molecule has 0 radical (unpaired) electrons. The Kier molecular flexibility index (Phi) is 4.85. The van der Waals surface area contributed by atoms with Gasteiger partial charge in [0.25, 0.3) is 5.91 Å². The van der Waals surface area contributed by atoms with Gasteiger partial charge in [-0.1, -0.05) is 0 Å². The lowest BCUT2D eigenvalue weighted by Crippen LogP contribution is -2.37. The molecule has 7 heteroatoms. The second-order valence-corrected chi connectivity index (χ2v) is 6.73. The number of rotatable bonds is 4. The molecule has 1 atom stereocenters. The highest BCUT2D eigenvalue weighted by molar-refractivity contribution is 5.93. The number of carbonyl (C=O) groups is 1. The van der Waals surface area contributed by atoms with Gasteiger partial charge in [-0.3, -0.25) is 14.8 Å². The van der Waals surface area contributed by atoms with Crippen molar-refractivity contribution in [3.63, 3.8) is 0 Å². The van der Waals surface area contributed by atoms with Crippen LogP contribution in [0.4, 0.5) is 0 Å². The van der Waals surface area contributed by atoms with Crippen molar-refractivity contribution in [1.82, 2.24) is 20.0 Å². The van der Waals surface area contributed by atoms with Crippen molar-refractivity contribution in [1.29, 1.82) is 0 Å². The van der Waals surface area contributed by atoms with Crippen LogP contribution in [-0.2, 0) is 4.74 Å². The highest BCUT2D eigenvalue weighted by atomic mass is 16.5. The van der Waals surface area contributed by atoms with Crippen LogP contribution in [0.5, 0.6) is 0 Å². The van der Waals surface area contributed by atoms with Crippen LogP contribution >= 0.6 is 0 Å². The first-order valence-electron chi connectivity index (χ1n) is 9.02. The van der Waals surface area contributed by atoms with E-state index >= 15 is 0 Å².